The number of aliphatic hydroxyl groups excluding tert-OH is 4. The second-order valence-corrected chi connectivity index (χ2v) is 12.8. The van der Waals surface area contributed by atoms with Crippen molar-refractivity contribution < 1.29 is 44.5 Å². The third-order valence-corrected chi connectivity index (χ3v) is 8.88. The third-order valence-electron chi connectivity index (χ3n) is 8.88. The number of carbonyl (C=O) groups is 1. The molecule has 0 bridgehead atoms. The molecule has 244 valence electrons. The van der Waals surface area contributed by atoms with Gasteiger partial charge in [-0.1, -0.05) is 27.7 Å². The molecular formula is C30H60N2O9. The molecule has 13 atom stereocenters. The molecule has 0 saturated carbocycles. The summed E-state index contributed by atoms with van der Waals surface area (Å²) in [6.07, 6.45) is -4.50. The molecule has 1 heterocycles. The van der Waals surface area contributed by atoms with Crippen LogP contribution >= 0.6 is 0 Å². The molecule has 5 N–H and O–H groups in total. The lowest BCUT2D eigenvalue weighted by molar-refractivity contribution is -0.269. The van der Waals surface area contributed by atoms with Crippen molar-refractivity contribution in [3.8, 4) is 0 Å². The van der Waals surface area contributed by atoms with Crippen LogP contribution in [-0.2, 0) is 19.0 Å². The van der Waals surface area contributed by atoms with Gasteiger partial charge < -0.3 is 49.5 Å². The molecule has 0 aliphatic carbocycles. The topological polar surface area (TPSA) is 152 Å². The average Bonchev–Trinajstić information content (AvgIpc) is 2.90. The fourth-order valence-electron chi connectivity index (χ4n) is 5.74. The number of rotatable bonds is 17. The SMILES string of the molecule is CC[C@H](O)OC(=O)[C@H](C)[C@@H](O[C@H]1CC(N(C)C)[C@H](O)C(C)O1)[C@H](C)[C@@H](O)[C@](C)(O)C[C@@H](C)N(C)C[C@H](C)[C@@H](O)CC. The van der Waals surface area contributed by atoms with Crippen LogP contribution in [0.25, 0.3) is 0 Å². The molecule has 11 nitrogen and oxygen atoms in total. The molecule has 11 heteroatoms. The van der Waals surface area contributed by atoms with E-state index in [1.165, 1.54) is 0 Å². The number of likely N-dealkylation sites (N-methyl/N-ethyl adjacent to an activating group) is 1. The maximum absolute atomic E-state index is 13.0. The Bertz CT molecular complexity index is 770. The zero-order valence-corrected chi connectivity index (χ0v) is 27.2. The number of ether oxygens (including phenoxy) is 3. The molecule has 1 rings (SSSR count). The van der Waals surface area contributed by atoms with E-state index in [1.807, 2.05) is 46.8 Å². The van der Waals surface area contributed by atoms with Crippen LogP contribution in [0.2, 0.25) is 0 Å². The van der Waals surface area contributed by atoms with Crippen molar-refractivity contribution in [3.05, 3.63) is 0 Å². The summed E-state index contributed by atoms with van der Waals surface area (Å²) in [5.41, 5.74) is -1.54. The Kier molecular flexibility index (Phi) is 15.6. The second kappa shape index (κ2) is 16.8. The summed E-state index contributed by atoms with van der Waals surface area (Å²) in [5, 5.41) is 53.7. The smallest absolute Gasteiger partial charge is 0.313 e. The molecule has 1 aliphatic rings. The quantitative estimate of drug-likeness (QED) is 0.124. The summed E-state index contributed by atoms with van der Waals surface area (Å²) in [6.45, 7) is 14.8. The van der Waals surface area contributed by atoms with E-state index in [2.05, 4.69) is 4.90 Å². The van der Waals surface area contributed by atoms with Gasteiger partial charge in [-0.25, -0.2) is 0 Å². The Labute approximate surface area is 247 Å². The summed E-state index contributed by atoms with van der Waals surface area (Å²) in [5.74, 6) is -2.29. The fourth-order valence-corrected chi connectivity index (χ4v) is 5.74. The minimum absolute atomic E-state index is 0.0479. The third kappa shape index (κ3) is 11.0. The van der Waals surface area contributed by atoms with E-state index in [-0.39, 0.29) is 30.8 Å². The van der Waals surface area contributed by atoms with Gasteiger partial charge in [0.25, 0.3) is 0 Å². The largest absolute Gasteiger partial charge is 0.436 e. The van der Waals surface area contributed by atoms with Crippen molar-refractivity contribution in [2.24, 2.45) is 17.8 Å². The van der Waals surface area contributed by atoms with Crippen LogP contribution in [0.3, 0.4) is 0 Å². The van der Waals surface area contributed by atoms with Crippen molar-refractivity contribution in [3.63, 3.8) is 0 Å². The van der Waals surface area contributed by atoms with Crippen LogP contribution in [0.4, 0.5) is 0 Å². The molecule has 41 heavy (non-hydrogen) atoms. The number of esters is 1. The van der Waals surface area contributed by atoms with Gasteiger partial charge in [-0.2, -0.15) is 0 Å². The monoisotopic (exact) mass is 592 g/mol. The van der Waals surface area contributed by atoms with Crippen LogP contribution in [0.1, 0.15) is 81.1 Å². The van der Waals surface area contributed by atoms with Gasteiger partial charge in [0.15, 0.2) is 12.6 Å². The standard InChI is InChI=1S/C30H60N2O9/c1-12-23(33)17(3)16-32(11)18(4)15-30(8,38)28(36)19(5)27(20(6)29(37)40-24(34)13-2)41-25-14-22(31(9)10)26(35)21(7)39-25/h17-28,33-36,38H,12-16H2,1-11H3/t17-,18+,19-,20+,21?,22?,23-,24+,25-,26+,27-,28+,30+/m0/s1. The van der Waals surface area contributed by atoms with E-state index < -0.39 is 66.5 Å². The van der Waals surface area contributed by atoms with E-state index >= 15 is 0 Å². The van der Waals surface area contributed by atoms with Gasteiger partial charge in [-0.15, -0.1) is 0 Å². The highest BCUT2D eigenvalue weighted by Gasteiger charge is 2.46. The Hall–Kier alpha value is -0.890. The minimum Gasteiger partial charge on any atom is -0.436 e. The van der Waals surface area contributed by atoms with Gasteiger partial charge in [0.1, 0.15) is 0 Å². The number of hydrogen-bond acceptors (Lipinski definition) is 11. The van der Waals surface area contributed by atoms with Crippen LogP contribution in [-0.4, -0.2) is 130 Å². The lowest BCUT2D eigenvalue weighted by Crippen LogP contribution is -2.56. The number of nitrogens with zero attached hydrogens (tertiary/aromatic N) is 2. The zero-order chi connectivity index (χ0) is 31.8. The maximum atomic E-state index is 13.0. The zero-order valence-electron chi connectivity index (χ0n) is 27.2. The first-order chi connectivity index (χ1) is 18.9. The van der Waals surface area contributed by atoms with Gasteiger partial charge in [-0.05, 0) is 67.6 Å². The Morgan fingerprint density at radius 3 is 2.17 bits per heavy atom. The van der Waals surface area contributed by atoms with Crippen LogP contribution in [0.5, 0.6) is 0 Å². The number of hydrogen-bond donors (Lipinski definition) is 5. The summed E-state index contributed by atoms with van der Waals surface area (Å²) in [4.78, 5) is 16.9. The molecule has 0 aromatic rings. The van der Waals surface area contributed by atoms with Gasteiger partial charge in [0, 0.05) is 37.4 Å². The van der Waals surface area contributed by atoms with Gasteiger partial charge in [0.05, 0.1) is 42.0 Å². The van der Waals surface area contributed by atoms with Crippen molar-refractivity contribution in [2.45, 2.75) is 142 Å². The first-order valence-corrected chi connectivity index (χ1v) is 15.2. The van der Waals surface area contributed by atoms with E-state index in [0.29, 0.717) is 19.4 Å². The normalized spacial score (nSPS) is 29.2. The molecule has 1 aliphatic heterocycles. The van der Waals surface area contributed by atoms with Crippen molar-refractivity contribution in [1.82, 2.24) is 9.80 Å². The average molecular weight is 593 g/mol. The summed E-state index contributed by atoms with van der Waals surface area (Å²) >= 11 is 0. The predicted molar refractivity (Wildman–Crippen MR) is 157 cm³/mol. The lowest BCUT2D eigenvalue weighted by atomic mass is 9.79. The highest BCUT2D eigenvalue weighted by Crippen LogP contribution is 2.34. The van der Waals surface area contributed by atoms with Crippen LogP contribution in [0.15, 0.2) is 0 Å². The van der Waals surface area contributed by atoms with Crippen molar-refractivity contribution in [2.75, 3.05) is 27.7 Å². The van der Waals surface area contributed by atoms with E-state index in [1.54, 1.807) is 34.6 Å². The number of carbonyl (C=O) groups excluding carboxylic acids is 1. The first-order valence-electron chi connectivity index (χ1n) is 15.2. The van der Waals surface area contributed by atoms with Crippen LogP contribution in [0, 0.1) is 17.8 Å². The Balaban J connectivity index is 3.17. The van der Waals surface area contributed by atoms with E-state index in [9.17, 15) is 30.3 Å². The molecule has 0 aromatic heterocycles. The highest BCUT2D eigenvalue weighted by atomic mass is 16.7. The molecule has 0 radical (unpaired) electrons. The molecule has 0 spiro atoms. The van der Waals surface area contributed by atoms with Crippen LogP contribution < -0.4 is 0 Å². The van der Waals surface area contributed by atoms with Gasteiger partial charge >= 0.3 is 5.97 Å². The lowest BCUT2D eigenvalue weighted by Gasteiger charge is -2.44. The van der Waals surface area contributed by atoms with E-state index in [0.717, 1.165) is 0 Å². The predicted octanol–water partition coefficient (Wildman–Crippen LogP) is 1.57. The van der Waals surface area contributed by atoms with Gasteiger partial charge in [-0.3, -0.25) is 4.79 Å². The molecule has 1 fully saturated rings. The molecule has 0 aromatic carbocycles. The van der Waals surface area contributed by atoms with Gasteiger partial charge in [0.2, 0.25) is 0 Å². The molecule has 0 amide bonds. The molecular weight excluding hydrogens is 532 g/mol. The highest BCUT2D eigenvalue weighted by molar-refractivity contribution is 5.72. The number of aliphatic hydroxyl groups is 5. The summed E-state index contributed by atoms with van der Waals surface area (Å²) in [6, 6.07) is -0.369. The van der Waals surface area contributed by atoms with Crippen molar-refractivity contribution >= 4 is 5.97 Å². The van der Waals surface area contributed by atoms with E-state index in [4.69, 9.17) is 14.2 Å². The first kappa shape index (κ1) is 38.1. The summed E-state index contributed by atoms with van der Waals surface area (Å²) < 4.78 is 17.5. The Morgan fingerprint density at radius 2 is 1.66 bits per heavy atom. The Morgan fingerprint density at radius 1 is 1.07 bits per heavy atom. The minimum atomic E-state index is -1.54. The maximum Gasteiger partial charge on any atom is 0.313 e. The second-order valence-electron chi connectivity index (χ2n) is 12.8. The molecule has 1 saturated heterocycles. The summed E-state index contributed by atoms with van der Waals surface area (Å²) in [7, 11) is 5.64. The fraction of sp³-hybridized carbons (Fsp3) is 0.967. The molecule has 2 unspecified atom stereocenters. The van der Waals surface area contributed by atoms with Crippen molar-refractivity contribution in [1.29, 1.82) is 0 Å².